The van der Waals surface area contributed by atoms with E-state index in [9.17, 15) is 18.0 Å². The lowest BCUT2D eigenvalue weighted by Crippen LogP contribution is -2.06. The Balaban J connectivity index is 2.35. The van der Waals surface area contributed by atoms with Gasteiger partial charge in [-0.15, -0.1) is 0 Å². The Morgan fingerprint density at radius 3 is 2.38 bits per heavy atom. The van der Waals surface area contributed by atoms with Crippen LogP contribution in [0.2, 0.25) is 0 Å². The molecule has 7 heteroatoms. The van der Waals surface area contributed by atoms with Crippen molar-refractivity contribution in [2.75, 3.05) is 0 Å². The summed E-state index contributed by atoms with van der Waals surface area (Å²) in [5, 5.41) is 8.88. The lowest BCUT2D eigenvalue weighted by molar-refractivity contribution is -0.138. The zero-order valence-corrected chi connectivity index (χ0v) is 11.9. The highest BCUT2D eigenvalue weighted by Crippen LogP contribution is 2.38. The van der Waals surface area contributed by atoms with Crippen LogP contribution in [0.5, 0.6) is 11.5 Å². The SMILES string of the molecule is O=C(O)c1ccc(Oc2ccccc2C(F)(F)F)cc1Br. The summed E-state index contributed by atoms with van der Waals surface area (Å²) in [4.78, 5) is 10.9. The van der Waals surface area contributed by atoms with Gasteiger partial charge in [-0.3, -0.25) is 0 Å². The predicted molar refractivity (Wildman–Crippen MR) is 72.6 cm³/mol. The molecule has 0 amide bonds. The van der Waals surface area contributed by atoms with Crippen LogP contribution in [-0.2, 0) is 6.18 Å². The van der Waals surface area contributed by atoms with Gasteiger partial charge in [0.05, 0.1) is 11.1 Å². The molecular weight excluding hydrogens is 353 g/mol. The fourth-order valence-electron chi connectivity index (χ4n) is 1.65. The summed E-state index contributed by atoms with van der Waals surface area (Å²) in [6.45, 7) is 0. The Bertz CT molecular complexity index is 683. The number of aromatic carboxylic acids is 1. The van der Waals surface area contributed by atoms with Gasteiger partial charge in [0.1, 0.15) is 11.5 Å². The second-order valence-electron chi connectivity index (χ2n) is 4.04. The highest BCUT2D eigenvalue weighted by atomic mass is 79.9. The smallest absolute Gasteiger partial charge is 0.419 e. The second kappa shape index (κ2) is 5.77. The molecule has 0 heterocycles. The molecule has 1 N–H and O–H groups in total. The molecule has 2 rings (SSSR count). The summed E-state index contributed by atoms with van der Waals surface area (Å²) in [5.41, 5.74) is -0.908. The zero-order valence-electron chi connectivity index (χ0n) is 10.3. The van der Waals surface area contributed by atoms with Crippen molar-refractivity contribution in [1.29, 1.82) is 0 Å². The summed E-state index contributed by atoms with van der Waals surface area (Å²) in [6.07, 6.45) is -4.53. The van der Waals surface area contributed by atoms with Gasteiger partial charge in [0.2, 0.25) is 0 Å². The fraction of sp³-hybridized carbons (Fsp3) is 0.0714. The van der Waals surface area contributed by atoms with Gasteiger partial charge in [0.25, 0.3) is 0 Å². The standard InChI is InChI=1S/C14H8BrF3O3/c15-11-7-8(5-6-9(11)13(19)20)21-12-4-2-1-3-10(12)14(16,17)18/h1-7H,(H,19,20). The first kappa shape index (κ1) is 15.4. The van der Waals surface area contributed by atoms with Crippen molar-refractivity contribution in [2.45, 2.75) is 6.18 Å². The normalized spacial score (nSPS) is 11.2. The van der Waals surface area contributed by atoms with Crippen LogP contribution in [0, 0.1) is 0 Å². The number of carboxylic acids is 1. The average molecular weight is 361 g/mol. The highest BCUT2D eigenvalue weighted by Gasteiger charge is 2.34. The number of benzene rings is 2. The molecule has 110 valence electrons. The van der Waals surface area contributed by atoms with Crippen molar-refractivity contribution < 1.29 is 27.8 Å². The van der Waals surface area contributed by atoms with Crippen molar-refractivity contribution in [3.8, 4) is 11.5 Å². The van der Waals surface area contributed by atoms with E-state index in [4.69, 9.17) is 9.84 Å². The number of rotatable bonds is 3. The van der Waals surface area contributed by atoms with Gasteiger partial charge in [-0.2, -0.15) is 13.2 Å². The molecule has 2 aromatic carbocycles. The minimum absolute atomic E-state index is 0.00791. The molecule has 0 saturated carbocycles. The Morgan fingerprint density at radius 2 is 1.81 bits per heavy atom. The molecule has 0 aliphatic carbocycles. The Morgan fingerprint density at radius 1 is 1.14 bits per heavy atom. The van der Waals surface area contributed by atoms with Gasteiger partial charge < -0.3 is 9.84 Å². The number of alkyl halides is 3. The van der Waals surface area contributed by atoms with Gasteiger partial charge in [-0.1, -0.05) is 12.1 Å². The average Bonchev–Trinajstić information content (AvgIpc) is 2.37. The molecule has 0 fully saturated rings. The lowest BCUT2D eigenvalue weighted by atomic mass is 10.2. The van der Waals surface area contributed by atoms with Crippen LogP contribution >= 0.6 is 15.9 Å². The highest BCUT2D eigenvalue weighted by molar-refractivity contribution is 9.10. The van der Waals surface area contributed by atoms with Gasteiger partial charge in [0.15, 0.2) is 0 Å². The Hall–Kier alpha value is -2.02. The topological polar surface area (TPSA) is 46.5 Å². The fourth-order valence-corrected chi connectivity index (χ4v) is 2.18. The third kappa shape index (κ3) is 3.55. The maximum Gasteiger partial charge on any atom is 0.419 e. The molecule has 3 nitrogen and oxygen atoms in total. The quantitative estimate of drug-likeness (QED) is 0.841. The van der Waals surface area contributed by atoms with Gasteiger partial charge in [0, 0.05) is 4.47 Å². The first-order valence-corrected chi connectivity index (χ1v) is 6.45. The van der Waals surface area contributed by atoms with E-state index < -0.39 is 17.7 Å². The van der Waals surface area contributed by atoms with Crippen LogP contribution < -0.4 is 4.74 Å². The van der Waals surface area contributed by atoms with Crippen LogP contribution in [0.1, 0.15) is 15.9 Å². The van der Waals surface area contributed by atoms with Crippen LogP contribution in [-0.4, -0.2) is 11.1 Å². The van der Waals surface area contributed by atoms with Gasteiger partial charge >= 0.3 is 12.1 Å². The molecule has 2 aromatic rings. The van der Waals surface area contributed by atoms with Crippen molar-refractivity contribution in [3.05, 3.63) is 58.1 Å². The summed E-state index contributed by atoms with van der Waals surface area (Å²) in [6, 6.07) is 8.64. The first-order valence-electron chi connectivity index (χ1n) is 5.66. The van der Waals surface area contributed by atoms with E-state index in [1.54, 1.807) is 0 Å². The molecule has 21 heavy (non-hydrogen) atoms. The van der Waals surface area contributed by atoms with Crippen LogP contribution in [0.15, 0.2) is 46.9 Å². The van der Waals surface area contributed by atoms with Crippen molar-refractivity contribution in [1.82, 2.24) is 0 Å². The lowest BCUT2D eigenvalue weighted by Gasteiger charge is -2.13. The van der Waals surface area contributed by atoms with E-state index in [-0.39, 0.29) is 21.5 Å². The minimum atomic E-state index is -4.53. The van der Waals surface area contributed by atoms with Gasteiger partial charge in [-0.25, -0.2) is 4.79 Å². The third-order valence-corrected chi connectivity index (χ3v) is 3.25. The number of halogens is 4. The van der Waals surface area contributed by atoms with Crippen molar-refractivity contribution >= 4 is 21.9 Å². The summed E-state index contributed by atoms with van der Waals surface area (Å²) < 4.78 is 43.9. The van der Waals surface area contributed by atoms with Crippen LogP contribution in [0.25, 0.3) is 0 Å². The summed E-state index contributed by atoms with van der Waals surface area (Å²) >= 11 is 3.04. The molecular formula is C14H8BrF3O3. The van der Waals surface area contributed by atoms with Crippen LogP contribution in [0.3, 0.4) is 0 Å². The molecule has 0 radical (unpaired) electrons. The maximum atomic E-state index is 12.8. The maximum absolute atomic E-state index is 12.8. The molecule has 0 bridgehead atoms. The Kier molecular flexibility index (Phi) is 4.22. The van der Waals surface area contributed by atoms with Crippen molar-refractivity contribution in [3.63, 3.8) is 0 Å². The van der Waals surface area contributed by atoms with E-state index in [1.165, 1.54) is 36.4 Å². The number of carbonyl (C=O) groups is 1. The first-order chi connectivity index (χ1) is 9.79. The molecule has 0 unspecified atom stereocenters. The number of hydrogen-bond acceptors (Lipinski definition) is 2. The van der Waals surface area contributed by atoms with Crippen LogP contribution in [0.4, 0.5) is 13.2 Å². The summed E-state index contributed by atoms with van der Waals surface area (Å²) in [5.74, 6) is -1.40. The Labute approximate surface area is 126 Å². The molecule has 0 aliphatic rings. The van der Waals surface area contributed by atoms with E-state index >= 15 is 0 Å². The summed E-state index contributed by atoms with van der Waals surface area (Å²) in [7, 11) is 0. The second-order valence-corrected chi connectivity index (χ2v) is 4.90. The number of para-hydroxylation sites is 1. The predicted octanol–water partition coefficient (Wildman–Crippen LogP) is 4.96. The van der Waals surface area contributed by atoms with E-state index in [0.717, 1.165) is 6.07 Å². The largest absolute Gasteiger partial charge is 0.478 e. The third-order valence-electron chi connectivity index (χ3n) is 2.59. The molecule has 0 spiro atoms. The number of ether oxygens (including phenoxy) is 1. The molecule has 0 atom stereocenters. The monoisotopic (exact) mass is 360 g/mol. The number of hydrogen-bond donors (Lipinski definition) is 1. The van der Waals surface area contributed by atoms with E-state index in [2.05, 4.69) is 15.9 Å². The van der Waals surface area contributed by atoms with E-state index in [0.29, 0.717) is 0 Å². The van der Waals surface area contributed by atoms with E-state index in [1.807, 2.05) is 0 Å². The van der Waals surface area contributed by atoms with Gasteiger partial charge in [-0.05, 0) is 46.3 Å². The molecule has 0 aromatic heterocycles. The molecule has 0 aliphatic heterocycles. The minimum Gasteiger partial charge on any atom is -0.478 e. The zero-order chi connectivity index (χ0) is 15.6. The van der Waals surface area contributed by atoms with Crippen molar-refractivity contribution in [2.24, 2.45) is 0 Å². The molecule has 0 saturated heterocycles. The number of carboxylic acid groups (broad SMARTS) is 1.